The molecule has 12 aromatic rings. The van der Waals surface area contributed by atoms with Crippen LogP contribution in [0.5, 0.6) is 0 Å². The molecule has 0 atom stereocenters. The summed E-state index contributed by atoms with van der Waals surface area (Å²) in [6.45, 7) is 0. The van der Waals surface area contributed by atoms with Crippen LogP contribution in [0.3, 0.4) is 0 Å². The Hall–Kier alpha value is -7.34. The third kappa shape index (κ3) is 5.06. The Labute approximate surface area is 331 Å². The summed E-state index contributed by atoms with van der Waals surface area (Å²) in [4.78, 5) is 10.2. The fourth-order valence-electron chi connectivity index (χ4n) is 8.54. The Morgan fingerprint density at radius 2 is 1.02 bits per heavy atom. The second-order valence-corrected chi connectivity index (χ2v) is 15.6. The zero-order valence-corrected chi connectivity index (χ0v) is 31.4. The molecule has 0 saturated carbocycles. The Bertz CT molecular complexity index is 3450. The fraction of sp³-hybridized carbons (Fsp3) is 0. The second kappa shape index (κ2) is 12.6. The van der Waals surface area contributed by atoms with E-state index >= 15 is 0 Å². The summed E-state index contributed by atoms with van der Waals surface area (Å²) in [5, 5.41) is 7.06. The Kier molecular flexibility index (Phi) is 7.06. The smallest absolute Gasteiger partial charge is 0.160 e. The molecule has 57 heavy (non-hydrogen) atoms. The number of nitrogens with zero attached hydrogens (tertiary/aromatic N) is 3. The van der Waals surface area contributed by atoms with Gasteiger partial charge in [-0.15, -0.1) is 11.3 Å². The van der Waals surface area contributed by atoms with Gasteiger partial charge < -0.3 is 8.98 Å². The van der Waals surface area contributed by atoms with E-state index in [-0.39, 0.29) is 0 Å². The molecule has 0 unspecified atom stereocenters. The maximum absolute atomic E-state index is 7.15. The van der Waals surface area contributed by atoms with Crippen LogP contribution >= 0.6 is 11.3 Å². The molecular formula is C52H31N3OS. The van der Waals surface area contributed by atoms with Crippen molar-refractivity contribution in [3.05, 3.63) is 188 Å². The first-order chi connectivity index (χ1) is 28.2. The van der Waals surface area contributed by atoms with Gasteiger partial charge in [0, 0.05) is 64.1 Å². The molecule has 8 aromatic carbocycles. The average molecular weight is 746 g/mol. The third-order valence-corrected chi connectivity index (χ3v) is 12.4. The molecule has 0 bridgehead atoms. The number of furan rings is 1. The second-order valence-electron chi connectivity index (χ2n) is 14.5. The Morgan fingerprint density at radius 3 is 1.84 bits per heavy atom. The van der Waals surface area contributed by atoms with Crippen molar-refractivity contribution in [3.63, 3.8) is 0 Å². The van der Waals surface area contributed by atoms with Gasteiger partial charge in [-0.25, -0.2) is 9.97 Å². The van der Waals surface area contributed by atoms with Gasteiger partial charge in [0.25, 0.3) is 0 Å². The summed E-state index contributed by atoms with van der Waals surface area (Å²) < 4.78 is 12.1. The van der Waals surface area contributed by atoms with Crippen molar-refractivity contribution in [1.82, 2.24) is 14.5 Å². The molecule has 0 aliphatic rings. The van der Waals surface area contributed by atoms with Crippen LogP contribution in [-0.2, 0) is 0 Å². The van der Waals surface area contributed by atoms with Crippen molar-refractivity contribution >= 4 is 75.3 Å². The molecule has 4 heterocycles. The first kappa shape index (κ1) is 32.0. The van der Waals surface area contributed by atoms with E-state index < -0.39 is 0 Å². The van der Waals surface area contributed by atoms with Crippen LogP contribution in [0.15, 0.2) is 192 Å². The van der Waals surface area contributed by atoms with Crippen LogP contribution in [0.2, 0.25) is 0 Å². The molecule has 0 N–H and O–H groups in total. The van der Waals surface area contributed by atoms with Crippen molar-refractivity contribution in [3.8, 4) is 50.7 Å². The minimum atomic E-state index is 0.675. The molecule has 0 spiro atoms. The van der Waals surface area contributed by atoms with Crippen molar-refractivity contribution in [2.24, 2.45) is 0 Å². The SMILES string of the molecule is c1ccc(-c2cc(-c3cccc4c3oc3c4ccc4c5ccc(-c6ccc7c(c6)sc6ccccc67)cc5n(-c5ccccc5)c43)nc(-c3ccccc3)n2)cc1. The Balaban J connectivity index is 1.10. The molecule has 0 saturated heterocycles. The van der Waals surface area contributed by atoms with E-state index in [2.05, 4.69) is 156 Å². The van der Waals surface area contributed by atoms with Gasteiger partial charge in [-0.1, -0.05) is 140 Å². The molecule has 266 valence electrons. The van der Waals surface area contributed by atoms with Crippen molar-refractivity contribution in [1.29, 1.82) is 0 Å². The van der Waals surface area contributed by atoms with Crippen LogP contribution in [0.4, 0.5) is 0 Å². The minimum Gasteiger partial charge on any atom is -0.453 e. The van der Waals surface area contributed by atoms with Gasteiger partial charge in [0.1, 0.15) is 5.58 Å². The summed E-state index contributed by atoms with van der Waals surface area (Å²) in [5.41, 5.74) is 11.9. The van der Waals surface area contributed by atoms with Gasteiger partial charge in [-0.2, -0.15) is 0 Å². The van der Waals surface area contributed by atoms with E-state index in [1.165, 1.54) is 36.7 Å². The van der Waals surface area contributed by atoms with Crippen molar-refractivity contribution in [2.45, 2.75) is 0 Å². The highest BCUT2D eigenvalue weighted by molar-refractivity contribution is 7.25. The van der Waals surface area contributed by atoms with Crippen molar-refractivity contribution < 1.29 is 4.42 Å². The normalized spacial score (nSPS) is 11.9. The van der Waals surface area contributed by atoms with Crippen LogP contribution in [0.25, 0.3) is 115 Å². The summed E-state index contributed by atoms with van der Waals surface area (Å²) in [6.07, 6.45) is 0. The van der Waals surface area contributed by atoms with Crippen LogP contribution in [0, 0.1) is 0 Å². The molecule has 4 nitrogen and oxygen atoms in total. The lowest BCUT2D eigenvalue weighted by atomic mass is 10.0. The predicted molar refractivity (Wildman–Crippen MR) is 238 cm³/mol. The number of benzene rings is 8. The van der Waals surface area contributed by atoms with E-state index in [0.717, 1.165) is 72.1 Å². The average Bonchev–Trinajstić information content (AvgIpc) is 3.96. The van der Waals surface area contributed by atoms with Crippen molar-refractivity contribution in [2.75, 3.05) is 0 Å². The fourth-order valence-corrected chi connectivity index (χ4v) is 9.69. The van der Waals surface area contributed by atoms with Gasteiger partial charge in [0.05, 0.1) is 22.4 Å². The largest absolute Gasteiger partial charge is 0.453 e. The topological polar surface area (TPSA) is 43.9 Å². The highest BCUT2D eigenvalue weighted by Gasteiger charge is 2.22. The lowest BCUT2D eigenvalue weighted by Gasteiger charge is -2.10. The van der Waals surface area contributed by atoms with Gasteiger partial charge in [-0.3, -0.25) is 0 Å². The molecule has 0 aliphatic heterocycles. The van der Waals surface area contributed by atoms with Gasteiger partial charge in [-0.05, 0) is 59.7 Å². The molecule has 5 heteroatoms. The van der Waals surface area contributed by atoms with Crippen LogP contribution < -0.4 is 0 Å². The molecule has 0 aliphatic carbocycles. The highest BCUT2D eigenvalue weighted by atomic mass is 32.1. The maximum atomic E-state index is 7.15. The zero-order chi connectivity index (χ0) is 37.5. The summed E-state index contributed by atoms with van der Waals surface area (Å²) in [5.74, 6) is 0.675. The lowest BCUT2D eigenvalue weighted by Crippen LogP contribution is -1.96. The van der Waals surface area contributed by atoms with Crippen LogP contribution in [-0.4, -0.2) is 14.5 Å². The molecule has 4 aromatic heterocycles. The molecular weight excluding hydrogens is 715 g/mol. The van der Waals surface area contributed by atoms with E-state index in [4.69, 9.17) is 14.4 Å². The summed E-state index contributed by atoms with van der Waals surface area (Å²) in [7, 11) is 0. The monoisotopic (exact) mass is 745 g/mol. The summed E-state index contributed by atoms with van der Waals surface area (Å²) in [6, 6.07) is 66.5. The zero-order valence-electron chi connectivity index (χ0n) is 30.6. The molecule has 0 radical (unpaired) electrons. The Morgan fingerprint density at radius 1 is 0.404 bits per heavy atom. The number of hydrogen-bond acceptors (Lipinski definition) is 4. The molecule has 12 rings (SSSR count). The number of hydrogen-bond donors (Lipinski definition) is 0. The first-order valence-corrected chi connectivity index (χ1v) is 20.0. The number of para-hydroxylation sites is 2. The number of rotatable bonds is 5. The third-order valence-electron chi connectivity index (χ3n) is 11.2. The van der Waals surface area contributed by atoms with E-state index in [9.17, 15) is 0 Å². The first-order valence-electron chi connectivity index (χ1n) is 19.1. The van der Waals surface area contributed by atoms with E-state index in [1.807, 2.05) is 47.7 Å². The quantitative estimate of drug-likeness (QED) is 0.176. The number of thiophene rings is 1. The van der Waals surface area contributed by atoms with Gasteiger partial charge in [0.2, 0.25) is 0 Å². The minimum absolute atomic E-state index is 0.675. The van der Waals surface area contributed by atoms with Gasteiger partial charge in [0.15, 0.2) is 11.4 Å². The standard InChI is InChI=1S/C52H31N3OS/c1-4-13-32(14-5-1)44-31-45(54-52(53-44)33-15-6-2-7-16-33)43-21-12-20-41-42-28-27-40-37-25-23-34(35-24-26-39-38-19-10-11-22-47(38)57-48(39)30-35)29-46(37)55(36-17-8-3-9-18-36)49(40)51(42)56-50(41)43/h1-31H. The molecule has 0 fully saturated rings. The number of fused-ring (bicyclic) bond motifs is 10. The lowest BCUT2D eigenvalue weighted by molar-refractivity contribution is 0.672. The van der Waals surface area contributed by atoms with Crippen LogP contribution in [0.1, 0.15) is 0 Å². The maximum Gasteiger partial charge on any atom is 0.160 e. The molecule has 0 amide bonds. The van der Waals surface area contributed by atoms with E-state index in [0.29, 0.717) is 5.82 Å². The summed E-state index contributed by atoms with van der Waals surface area (Å²) >= 11 is 1.85. The van der Waals surface area contributed by atoms with Gasteiger partial charge >= 0.3 is 0 Å². The van der Waals surface area contributed by atoms with E-state index in [1.54, 1.807) is 0 Å². The predicted octanol–water partition coefficient (Wildman–Crippen LogP) is 14.5. The highest BCUT2D eigenvalue weighted by Crippen LogP contribution is 2.44. The number of aromatic nitrogens is 3.